The molecule has 0 saturated carbocycles. The van der Waals surface area contributed by atoms with Crippen molar-refractivity contribution in [1.82, 2.24) is 9.80 Å². The Morgan fingerprint density at radius 3 is 2.23 bits per heavy atom. The van der Waals surface area contributed by atoms with E-state index in [1.54, 1.807) is 19.0 Å². The zero-order chi connectivity index (χ0) is 28.9. The Labute approximate surface area is 227 Å². The van der Waals surface area contributed by atoms with Crippen molar-refractivity contribution in [2.75, 3.05) is 21.2 Å². The van der Waals surface area contributed by atoms with E-state index in [2.05, 4.69) is 25.7 Å². The second-order valence-corrected chi connectivity index (χ2v) is 12.4. The Morgan fingerprint density at radius 2 is 1.69 bits per heavy atom. The number of carbonyl (C=O) groups excluding carboxylic acids is 3. The minimum atomic E-state index is -2.58. The number of hydrogen-bond donors (Lipinski definition) is 4. The lowest BCUT2D eigenvalue weighted by Crippen LogP contribution is -2.63. The van der Waals surface area contributed by atoms with Crippen LogP contribution in [0.4, 0.5) is 0 Å². The zero-order valence-electron chi connectivity index (χ0n) is 23.4. The third-order valence-corrected chi connectivity index (χ3v) is 9.01. The molecule has 5 rings (SSSR count). The summed E-state index contributed by atoms with van der Waals surface area (Å²) >= 11 is 0. The molecule has 39 heavy (non-hydrogen) atoms. The fraction of sp³-hybridized carbons (Fsp3) is 0.552. The Morgan fingerprint density at radius 1 is 1.08 bits per heavy atom. The minimum Gasteiger partial charge on any atom is -0.510 e. The minimum absolute atomic E-state index is 0.00110. The largest absolute Gasteiger partial charge is 0.510 e. The number of aromatic hydroxyl groups is 1. The normalized spacial score (nSPS) is 28.9. The summed E-state index contributed by atoms with van der Waals surface area (Å²) in [5, 5.41) is 45.7. The Hall–Kier alpha value is -3.21. The predicted molar refractivity (Wildman–Crippen MR) is 141 cm³/mol. The molecule has 1 aromatic rings. The first-order valence-electron chi connectivity index (χ1n) is 13.1. The average molecular weight is 541 g/mol. The molecule has 0 aromatic heterocycles. The molecule has 0 fully saturated rings. The van der Waals surface area contributed by atoms with Gasteiger partial charge in [0.2, 0.25) is 5.78 Å². The van der Waals surface area contributed by atoms with Crippen LogP contribution in [0.3, 0.4) is 0 Å². The van der Waals surface area contributed by atoms with E-state index >= 15 is 0 Å². The fourth-order valence-corrected chi connectivity index (χ4v) is 7.06. The Bertz CT molecular complexity index is 1400. The maximum absolute atomic E-state index is 14.0. The number of likely N-dealkylation sites (N-methyl/N-ethyl adjacent to an activating group) is 1. The molecule has 4 aliphatic rings. The fourth-order valence-electron chi connectivity index (χ4n) is 7.06. The van der Waals surface area contributed by atoms with E-state index in [4.69, 9.17) is 4.74 Å². The van der Waals surface area contributed by atoms with Crippen molar-refractivity contribution >= 4 is 17.3 Å². The second-order valence-electron chi connectivity index (χ2n) is 12.4. The maximum atomic E-state index is 14.0. The maximum Gasteiger partial charge on any atom is 0.209 e. The highest BCUT2D eigenvalue weighted by Gasteiger charge is 2.63. The molecular formula is C29H36N2O8. The highest BCUT2D eigenvalue weighted by molar-refractivity contribution is 6.25. The summed E-state index contributed by atoms with van der Waals surface area (Å²) in [6, 6.07) is -0.956. The van der Waals surface area contributed by atoms with Gasteiger partial charge in [0.25, 0.3) is 0 Å². The van der Waals surface area contributed by atoms with Crippen molar-refractivity contribution < 1.29 is 39.5 Å². The number of carbonyl (C=O) groups is 3. The van der Waals surface area contributed by atoms with Crippen LogP contribution in [0.25, 0.3) is 0 Å². The SMILES string of the molecule is COc1c2c(c(O)c3c1C[C@H]1C[C@H]4[C@H](N(C)C)C(O)=C(C(C)=O)C(=O)[C@@]4(O)C(O)=C1C3=O)CN(C(C)(C)C)C2. The Balaban J connectivity index is 1.72. The van der Waals surface area contributed by atoms with Crippen molar-refractivity contribution in [3.8, 4) is 11.5 Å². The number of methoxy groups -OCH3 is 1. The van der Waals surface area contributed by atoms with Gasteiger partial charge in [-0.3, -0.25) is 24.2 Å². The van der Waals surface area contributed by atoms with E-state index in [1.165, 1.54) is 7.11 Å². The summed E-state index contributed by atoms with van der Waals surface area (Å²) in [4.78, 5) is 43.6. The number of nitrogens with zero attached hydrogens (tertiary/aromatic N) is 2. The third-order valence-electron chi connectivity index (χ3n) is 9.01. The number of benzene rings is 1. The van der Waals surface area contributed by atoms with Crippen molar-refractivity contribution in [3.63, 3.8) is 0 Å². The van der Waals surface area contributed by atoms with Gasteiger partial charge in [-0.05, 0) is 60.5 Å². The molecular weight excluding hydrogens is 504 g/mol. The van der Waals surface area contributed by atoms with Crippen molar-refractivity contribution in [1.29, 1.82) is 0 Å². The van der Waals surface area contributed by atoms with Gasteiger partial charge in [-0.2, -0.15) is 0 Å². The van der Waals surface area contributed by atoms with Crippen LogP contribution in [-0.4, -0.2) is 86.0 Å². The van der Waals surface area contributed by atoms with Gasteiger partial charge < -0.3 is 25.2 Å². The van der Waals surface area contributed by atoms with Crippen LogP contribution < -0.4 is 4.74 Å². The number of ketones is 3. The first-order chi connectivity index (χ1) is 18.1. The molecule has 0 radical (unpaired) electrons. The molecule has 1 aromatic carbocycles. The van der Waals surface area contributed by atoms with Gasteiger partial charge in [0, 0.05) is 46.8 Å². The number of phenols is 1. The number of aliphatic hydroxyl groups is 3. The van der Waals surface area contributed by atoms with Crippen LogP contribution in [0.5, 0.6) is 11.5 Å². The average Bonchev–Trinajstić information content (AvgIpc) is 3.27. The highest BCUT2D eigenvalue weighted by atomic mass is 16.5. The topological polar surface area (TPSA) is 148 Å². The van der Waals surface area contributed by atoms with Gasteiger partial charge in [-0.1, -0.05) is 0 Å². The third kappa shape index (κ3) is 3.54. The molecule has 0 saturated heterocycles. The number of fused-ring (bicyclic) bond motifs is 4. The Kier molecular flexibility index (Phi) is 6.06. The number of Topliss-reactive ketones (excluding diaryl/α,β-unsaturated/α-hetero) is 3. The van der Waals surface area contributed by atoms with E-state index < -0.39 is 57.9 Å². The molecule has 210 valence electrons. The summed E-state index contributed by atoms with van der Waals surface area (Å²) in [5.74, 6) is -5.17. The summed E-state index contributed by atoms with van der Waals surface area (Å²) in [6.45, 7) is 8.21. The standard InChI is InChI=1S/C29H36N2O8/c1-12(32)18-24(35)21(30(5)6)17-9-13-8-14-20(23(34)19(13)27(37)29(17,38)26(18)36)22(33)15-10-31(28(2,3)4)11-16(15)25(14)39-7/h13,17,21,33,35,37-38H,8-11H2,1-7H3/t13-,17-,21-,29+/m0/s1. The van der Waals surface area contributed by atoms with Crippen molar-refractivity contribution in [2.45, 2.75) is 70.8 Å². The molecule has 0 amide bonds. The molecule has 10 nitrogen and oxygen atoms in total. The monoisotopic (exact) mass is 540 g/mol. The van der Waals surface area contributed by atoms with Crippen LogP contribution in [0.1, 0.15) is 61.2 Å². The lowest BCUT2D eigenvalue weighted by molar-refractivity contribution is -0.148. The van der Waals surface area contributed by atoms with Gasteiger partial charge in [-0.15, -0.1) is 0 Å². The number of allylic oxidation sites excluding steroid dienone is 1. The van der Waals surface area contributed by atoms with E-state index in [1.807, 2.05) is 0 Å². The molecule has 10 heteroatoms. The van der Waals surface area contributed by atoms with Crippen LogP contribution in [-0.2, 0) is 29.1 Å². The summed E-state index contributed by atoms with van der Waals surface area (Å²) < 4.78 is 5.82. The van der Waals surface area contributed by atoms with E-state index in [9.17, 15) is 34.8 Å². The van der Waals surface area contributed by atoms with E-state index in [0.717, 1.165) is 12.5 Å². The molecule has 0 bridgehead atoms. The summed E-state index contributed by atoms with van der Waals surface area (Å²) in [5.41, 5.74) is -1.63. The molecule has 4 atom stereocenters. The molecule has 0 unspecified atom stereocenters. The van der Waals surface area contributed by atoms with Crippen LogP contribution in [0.2, 0.25) is 0 Å². The van der Waals surface area contributed by atoms with Gasteiger partial charge in [0.15, 0.2) is 17.2 Å². The number of phenolic OH excluding ortho intramolecular Hbond substituents is 1. The van der Waals surface area contributed by atoms with Gasteiger partial charge in [0.1, 0.15) is 28.6 Å². The number of hydrogen-bond acceptors (Lipinski definition) is 10. The number of rotatable bonds is 3. The van der Waals surface area contributed by atoms with Gasteiger partial charge in [-0.25, -0.2) is 0 Å². The lowest BCUT2D eigenvalue weighted by atomic mass is 9.58. The first-order valence-corrected chi connectivity index (χ1v) is 13.1. The zero-order valence-corrected chi connectivity index (χ0v) is 23.4. The van der Waals surface area contributed by atoms with Crippen LogP contribution in [0, 0.1) is 11.8 Å². The van der Waals surface area contributed by atoms with E-state index in [-0.39, 0.29) is 35.3 Å². The first kappa shape index (κ1) is 27.4. The van der Waals surface area contributed by atoms with Gasteiger partial charge in [0.05, 0.1) is 18.7 Å². The van der Waals surface area contributed by atoms with Gasteiger partial charge >= 0.3 is 0 Å². The summed E-state index contributed by atoms with van der Waals surface area (Å²) in [7, 11) is 4.79. The van der Waals surface area contributed by atoms with Crippen LogP contribution >= 0.6 is 0 Å². The molecule has 1 heterocycles. The van der Waals surface area contributed by atoms with Crippen LogP contribution in [0.15, 0.2) is 22.7 Å². The molecule has 1 aliphatic heterocycles. The van der Waals surface area contributed by atoms with Crippen molar-refractivity contribution in [2.24, 2.45) is 11.8 Å². The number of ether oxygens (including phenoxy) is 1. The van der Waals surface area contributed by atoms with E-state index in [0.29, 0.717) is 30.0 Å². The molecule has 3 aliphatic carbocycles. The number of aliphatic hydroxyl groups excluding tert-OH is 2. The smallest absolute Gasteiger partial charge is 0.209 e. The quantitative estimate of drug-likeness (QED) is 0.421. The van der Waals surface area contributed by atoms with Crippen molar-refractivity contribution in [3.05, 3.63) is 44.9 Å². The predicted octanol–water partition coefficient (Wildman–Crippen LogP) is 2.35. The summed E-state index contributed by atoms with van der Waals surface area (Å²) in [6.07, 6.45) is 0.283. The highest BCUT2D eigenvalue weighted by Crippen LogP contribution is 2.55. The molecule has 0 spiro atoms. The lowest BCUT2D eigenvalue weighted by Gasteiger charge is -2.50. The second kappa shape index (κ2) is 8.64. The molecule has 4 N–H and O–H groups in total.